The van der Waals surface area contributed by atoms with Crippen molar-refractivity contribution in [2.24, 2.45) is 0 Å². The maximum atomic E-state index is 14.0. The lowest BCUT2D eigenvalue weighted by Gasteiger charge is -2.30. The van der Waals surface area contributed by atoms with Crippen molar-refractivity contribution in [3.8, 4) is 17.2 Å². The van der Waals surface area contributed by atoms with Gasteiger partial charge in [0.25, 0.3) is 0 Å². The van der Waals surface area contributed by atoms with Gasteiger partial charge in [0.2, 0.25) is 12.7 Å². The van der Waals surface area contributed by atoms with E-state index in [9.17, 15) is 14.7 Å². The van der Waals surface area contributed by atoms with Crippen LogP contribution in [0.2, 0.25) is 0 Å². The highest BCUT2D eigenvalue weighted by Crippen LogP contribution is 2.47. The highest BCUT2D eigenvalue weighted by Gasteiger charge is 2.47. The van der Waals surface area contributed by atoms with Crippen molar-refractivity contribution in [2.45, 2.75) is 44.3 Å². The van der Waals surface area contributed by atoms with Crippen molar-refractivity contribution < 1.29 is 28.9 Å². The second-order valence-corrected chi connectivity index (χ2v) is 11.4. The molecule has 4 aromatic rings. The Hall–Kier alpha value is -4.82. The van der Waals surface area contributed by atoms with Crippen LogP contribution < -0.4 is 19.5 Å². The van der Waals surface area contributed by atoms with E-state index in [2.05, 4.69) is 5.32 Å². The van der Waals surface area contributed by atoms with Gasteiger partial charge in [-0.25, -0.2) is 0 Å². The zero-order valence-corrected chi connectivity index (χ0v) is 25.0. The molecule has 6 rings (SSSR count). The minimum absolute atomic E-state index is 0.0943. The Kier molecular flexibility index (Phi) is 8.26. The summed E-state index contributed by atoms with van der Waals surface area (Å²) in [5.41, 5.74) is 5.87. The van der Waals surface area contributed by atoms with Gasteiger partial charge in [0.05, 0.1) is 19.7 Å². The molecule has 4 aromatic carbocycles. The van der Waals surface area contributed by atoms with E-state index in [1.165, 1.54) is 0 Å². The van der Waals surface area contributed by atoms with E-state index in [4.69, 9.17) is 14.2 Å². The number of carboxylic acid groups (broad SMARTS) is 1. The van der Waals surface area contributed by atoms with Gasteiger partial charge in [0, 0.05) is 12.0 Å². The summed E-state index contributed by atoms with van der Waals surface area (Å²) in [5, 5.41) is 13.9. The molecule has 1 amide bonds. The van der Waals surface area contributed by atoms with Crippen LogP contribution in [0.1, 0.15) is 57.8 Å². The number of likely N-dealkylation sites (tertiary alicyclic amines) is 1. The first-order chi connectivity index (χ1) is 21.3. The number of methoxy groups -OCH3 is 1. The van der Waals surface area contributed by atoms with Crippen LogP contribution in [0.5, 0.6) is 17.2 Å². The van der Waals surface area contributed by atoms with Crippen LogP contribution in [0.25, 0.3) is 0 Å². The molecule has 1 fully saturated rings. The van der Waals surface area contributed by atoms with Crippen molar-refractivity contribution in [2.75, 3.05) is 20.4 Å². The van der Waals surface area contributed by atoms with E-state index >= 15 is 0 Å². The number of rotatable bonds is 9. The van der Waals surface area contributed by atoms with Crippen LogP contribution in [0.4, 0.5) is 0 Å². The molecule has 0 bridgehead atoms. The molecule has 3 unspecified atom stereocenters. The summed E-state index contributed by atoms with van der Waals surface area (Å²) in [6.45, 7) is 4.10. The molecule has 0 radical (unpaired) electrons. The fourth-order valence-electron chi connectivity index (χ4n) is 6.58. The van der Waals surface area contributed by atoms with Gasteiger partial charge in [-0.05, 0) is 77.9 Å². The van der Waals surface area contributed by atoms with E-state index in [0.29, 0.717) is 23.7 Å². The molecular weight excluding hydrogens is 556 g/mol. The van der Waals surface area contributed by atoms with E-state index in [1.54, 1.807) is 7.11 Å². The molecule has 3 atom stereocenters. The molecule has 2 aliphatic rings. The van der Waals surface area contributed by atoms with Crippen LogP contribution in [0.15, 0.2) is 91.0 Å². The van der Waals surface area contributed by atoms with E-state index in [1.807, 2.05) is 110 Å². The van der Waals surface area contributed by atoms with Crippen LogP contribution in [-0.2, 0) is 9.59 Å². The first kappa shape index (κ1) is 29.3. The van der Waals surface area contributed by atoms with E-state index < -0.39 is 12.0 Å². The normalized spacial score (nSPS) is 19.2. The Bertz CT molecular complexity index is 1620. The largest absolute Gasteiger partial charge is 0.497 e. The molecule has 226 valence electrons. The fraction of sp³-hybridized carbons (Fsp3) is 0.278. The first-order valence-electron chi connectivity index (χ1n) is 14.8. The smallest absolute Gasteiger partial charge is 0.321 e. The maximum absolute atomic E-state index is 14.0. The lowest BCUT2D eigenvalue weighted by Crippen LogP contribution is -2.46. The highest BCUT2D eigenvalue weighted by atomic mass is 16.7. The Morgan fingerprint density at radius 3 is 2.11 bits per heavy atom. The van der Waals surface area contributed by atoms with Crippen molar-refractivity contribution in [1.82, 2.24) is 10.2 Å². The third-order valence-corrected chi connectivity index (χ3v) is 8.82. The number of hydrogen-bond acceptors (Lipinski definition) is 6. The maximum Gasteiger partial charge on any atom is 0.321 e. The standard InChI is InChI=1S/C36H36N2O6/c1-22-8-4-6-10-27(22)34(28-11-7-5-9-23(28)2)37-33(39)20-38-30(24-12-15-26(42-3)16-13-24)19-29(35(38)36(40)41)25-14-17-31-32(18-25)44-21-43-31/h4-18,29-30,34-35H,19-21H2,1-3H3,(H,37,39)(H,40,41). The number of benzene rings is 4. The third-order valence-electron chi connectivity index (χ3n) is 8.82. The van der Waals surface area contributed by atoms with Gasteiger partial charge in [0.15, 0.2) is 11.5 Å². The molecule has 2 aliphatic heterocycles. The monoisotopic (exact) mass is 592 g/mol. The SMILES string of the molecule is COc1ccc(C2CC(c3ccc4c(c3)OCO4)C(C(=O)O)N2CC(=O)NC(c2ccccc2C)c2ccccc2C)cc1. The molecule has 2 heterocycles. The molecule has 0 aliphatic carbocycles. The van der Waals surface area contributed by atoms with Crippen molar-refractivity contribution in [3.63, 3.8) is 0 Å². The predicted octanol–water partition coefficient (Wildman–Crippen LogP) is 5.93. The number of aliphatic carboxylic acids is 1. The van der Waals surface area contributed by atoms with Crippen molar-refractivity contribution >= 4 is 11.9 Å². The summed E-state index contributed by atoms with van der Waals surface area (Å²) in [5.74, 6) is 0.328. The number of hydrogen-bond donors (Lipinski definition) is 2. The number of fused-ring (bicyclic) bond motifs is 1. The molecule has 2 N–H and O–H groups in total. The lowest BCUT2D eigenvalue weighted by atomic mass is 9.89. The van der Waals surface area contributed by atoms with Gasteiger partial charge in [-0.15, -0.1) is 0 Å². The molecular formula is C36H36N2O6. The Labute approximate surface area is 257 Å². The second kappa shape index (κ2) is 12.4. The van der Waals surface area contributed by atoms with E-state index in [-0.39, 0.29) is 37.2 Å². The van der Waals surface area contributed by atoms with Gasteiger partial charge >= 0.3 is 5.97 Å². The summed E-state index contributed by atoms with van der Waals surface area (Å²) in [6.07, 6.45) is 0.509. The number of nitrogens with one attached hydrogen (secondary N) is 1. The quantitative estimate of drug-likeness (QED) is 0.249. The van der Waals surface area contributed by atoms with Crippen LogP contribution >= 0.6 is 0 Å². The summed E-state index contributed by atoms with van der Waals surface area (Å²) in [4.78, 5) is 28.8. The number of amides is 1. The molecule has 8 heteroatoms. The lowest BCUT2D eigenvalue weighted by molar-refractivity contribution is -0.143. The number of ether oxygens (including phenoxy) is 3. The topological polar surface area (TPSA) is 97.3 Å². The Morgan fingerprint density at radius 1 is 0.886 bits per heavy atom. The summed E-state index contributed by atoms with van der Waals surface area (Å²) < 4.78 is 16.5. The zero-order chi connectivity index (χ0) is 30.8. The van der Waals surface area contributed by atoms with Gasteiger partial charge < -0.3 is 24.6 Å². The molecule has 0 aromatic heterocycles. The zero-order valence-electron chi connectivity index (χ0n) is 25.0. The predicted molar refractivity (Wildman–Crippen MR) is 166 cm³/mol. The van der Waals surface area contributed by atoms with Gasteiger partial charge in [-0.1, -0.05) is 66.7 Å². The molecule has 0 spiro atoms. The number of aryl methyl sites for hydroxylation is 2. The minimum Gasteiger partial charge on any atom is -0.497 e. The average Bonchev–Trinajstić information content (AvgIpc) is 3.65. The molecule has 8 nitrogen and oxygen atoms in total. The third kappa shape index (κ3) is 5.73. The highest BCUT2D eigenvalue weighted by molar-refractivity contribution is 5.82. The Balaban J connectivity index is 1.35. The molecule has 0 saturated carbocycles. The molecule has 1 saturated heterocycles. The van der Waals surface area contributed by atoms with Crippen molar-refractivity contribution in [1.29, 1.82) is 0 Å². The summed E-state index contributed by atoms with van der Waals surface area (Å²) >= 11 is 0. The van der Waals surface area contributed by atoms with Gasteiger partial charge in [0.1, 0.15) is 11.8 Å². The Morgan fingerprint density at radius 2 is 1.50 bits per heavy atom. The fourth-order valence-corrected chi connectivity index (χ4v) is 6.58. The second-order valence-electron chi connectivity index (χ2n) is 11.4. The summed E-state index contributed by atoms with van der Waals surface area (Å²) in [6, 6.07) is 27.6. The van der Waals surface area contributed by atoms with Gasteiger partial charge in [-0.3, -0.25) is 14.5 Å². The average molecular weight is 593 g/mol. The van der Waals surface area contributed by atoms with Crippen LogP contribution in [0.3, 0.4) is 0 Å². The number of carbonyl (C=O) groups is 2. The minimum atomic E-state index is -0.981. The number of nitrogens with zero attached hydrogens (tertiary/aromatic N) is 1. The van der Waals surface area contributed by atoms with E-state index in [0.717, 1.165) is 33.4 Å². The van der Waals surface area contributed by atoms with Crippen molar-refractivity contribution in [3.05, 3.63) is 124 Å². The molecule has 44 heavy (non-hydrogen) atoms. The van der Waals surface area contributed by atoms with Crippen LogP contribution in [-0.4, -0.2) is 48.4 Å². The first-order valence-corrected chi connectivity index (χ1v) is 14.8. The summed E-state index contributed by atoms with van der Waals surface area (Å²) in [7, 11) is 1.61. The number of carboxylic acids is 1. The number of carbonyl (C=O) groups excluding carboxylic acids is 1. The van der Waals surface area contributed by atoms with Crippen LogP contribution in [0, 0.1) is 13.8 Å². The van der Waals surface area contributed by atoms with Gasteiger partial charge in [-0.2, -0.15) is 0 Å².